The summed E-state index contributed by atoms with van der Waals surface area (Å²) in [6.45, 7) is 4.76. The summed E-state index contributed by atoms with van der Waals surface area (Å²) >= 11 is 0. The van der Waals surface area contributed by atoms with Crippen molar-refractivity contribution in [1.82, 2.24) is 5.06 Å². The van der Waals surface area contributed by atoms with Crippen molar-refractivity contribution in [1.29, 1.82) is 0 Å². The summed E-state index contributed by atoms with van der Waals surface area (Å²) < 4.78 is 9.56. The lowest BCUT2D eigenvalue weighted by Gasteiger charge is -2.11. The highest BCUT2D eigenvalue weighted by molar-refractivity contribution is 8.77. The average Bonchev–Trinajstić information content (AvgIpc) is 2.87. The molecule has 2 amide bonds. The van der Waals surface area contributed by atoms with E-state index in [2.05, 4.69) is 11.4 Å². The number of hydrogen-bond donors (Lipinski definition) is 0. The third kappa shape index (κ3) is 8.07. The van der Waals surface area contributed by atoms with Gasteiger partial charge in [0.25, 0.3) is 11.8 Å². The Morgan fingerprint density at radius 1 is 1.00 bits per heavy atom. The van der Waals surface area contributed by atoms with Crippen molar-refractivity contribution in [3.8, 4) is 0 Å². The van der Waals surface area contributed by atoms with Crippen LogP contribution in [0.4, 0.5) is 0 Å². The summed E-state index contributed by atoms with van der Waals surface area (Å²) in [5.74, 6) is -3.14. The molecule has 1 rings (SSSR count). The fraction of sp³-hybridized carbons (Fsp3) is 0.500. The maximum absolute atomic E-state index is 11.5. The molecule has 0 bridgehead atoms. The number of rotatable bonds is 10. The van der Waals surface area contributed by atoms with Crippen LogP contribution >= 0.6 is 21.6 Å². The molecule has 0 aromatic carbocycles. The molecule has 0 atom stereocenters. The molecular weight excluding hydrogens is 374 g/mol. The molecule has 0 unspecified atom stereocenters. The SMILES string of the molecule is C=C(C)C(=O)OCCOC(=O)CSSCC(=O)ON1C(=O)CCC1=O. The molecule has 0 aliphatic carbocycles. The van der Waals surface area contributed by atoms with Crippen molar-refractivity contribution in [3.63, 3.8) is 0 Å². The normalized spacial score (nSPS) is 13.6. The van der Waals surface area contributed by atoms with Gasteiger partial charge < -0.3 is 14.3 Å². The van der Waals surface area contributed by atoms with Crippen LogP contribution in [0.3, 0.4) is 0 Å². The zero-order chi connectivity index (χ0) is 18.8. The van der Waals surface area contributed by atoms with Crippen LogP contribution in [0.25, 0.3) is 0 Å². The second-order valence-corrected chi connectivity index (χ2v) is 7.17. The summed E-state index contributed by atoms with van der Waals surface area (Å²) in [4.78, 5) is 61.1. The van der Waals surface area contributed by atoms with Gasteiger partial charge in [0, 0.05) is 18.4 Å². The molecule has 1 aliphatic heterocycles. The minimum absolute atomic E-state index is 0.0293. The van der Waals surface area contributed by atoms with E-state index in [4.69, 9.17) is 9.47 Å². The fourth-order valence-corrected chi connectivity index (χ4v) is 2.99. The molecule has 0 aromatic heterocycles. The highest BCUT2D eigenvalue weighted by Crippen LogP contribution is 2.22. The number of esters is 2. The van der Waals surface area contributed by atoms with Gasteiger partial charge in [0.15, 0.2) is 0 Å². The predicted molar refractivity (Wildman–Crippen MR) is 88.8 cm³/mol. The number of ether oxygens (including phenoxy) is 2. The first-order valence-corrected chi connectivity index (χ1v) is 9.59. The molecule has 25 heavy (non-hydrogen) atoms. The van der Waals surface area contributed by atoms with Crippen LogP contribution in [0, 0.1) is 0 Å². The van der Waals surface area contributed by atoms with Crippen molar-refractivity contribution >= 4 is 51.3 Å². The van der Waals surface area contributed by atoms with Crippen LogP contribution in [0.5, 0.6) is 0 Å². The molecular formula is C14H17NO8S2. The molecule has 1 heterocycles. The van der Waals surface area contributed by atoms with Gasteiger partial charge in [0.1, 0.15) is 24.7 Å². The highest BCUT2D eigenvalue weighted by Gasteiger charge is 2.32. The monoisotopic (exact) mass is 391 g/mol. The Morgan fingerprint density at radius 2 is 1.52 bits per heavy atom. The predicted octanol–water partition coefficient (Wildman–Crippen LogP) is 0.637. The second-order valence-electron chi connectivity index (χ2n) is 4.71. The average molecular weight is 391 g/mol. The van der Waals surface area contributed by atoms with Crippen LogP contribution in [0.15, 0.2) is 12.2 Å². The van der Waals surface area contributed by atoms with E-state index >= 15 is 0 Å². The molecule has 9 nitrogen and oxygen atoms in total. The van der Waals surface area contributed by atoms with E-state index in [9.17, 15) is 24.0 Å². The maximum atomic E-state index is 11.5. The molecule has 1 aliphatic rings. The third-order valence-electron chi connectivity index (χ3n) is 2.56. The lowest BCUT2D eigenvalue weighted by atomic mass is 10.4. The Labute approximate surface area is 151 Å². The zero-order valence-corrected chi connectivity index (χ0v) is 15.1. The van der Waals surface area contributed by atoms with Gasteiger partial charge in [-0.05, 0) is 6.92 Å². The maximum Gasteiger partial charge on any atom is 0.343 e. The number of hydrogen-bond acceptors (Lipinski definition) is 10. The quantitative estimate of drug-likeness (QED) is 0.173. The van der Waals surface area contributed by atoms with Crippen molar-refractivity contribution < 1.29 is 38.3 Å². The molecule has 1 saturated heterocycles. The topological polar surface area (TPSA) is 116 Å². The number of nitrogens with zero attached hydrogens (tertiary/aromatic N) is 1. The second kappa shape index (κ2) is 10.8. The summed E-state index contributed by atoms with van der Waals surface area (Å²) in [6.07, 6.45) is 0.0586. The van der Waals surface area contributed by atoms with Gasteiger partial charge in [-0.2, -0.15) is 0 Å². The van der Waals surface area contributed by atoms with Crippen LogP contribution < -0.4 is 0 Å². The highest BCUT2D eigenvalue weighted by atomic mass is 33.1. The van der Waals surface area contributed by atoms with Crippen molar-refractivity contribution in [3.05, 3.63) is 12.2 Å². The molecule has 0 spiro atoms. The van der Waals surface area contributed by atoms with Crippen molar-refractivity contribution in [2.75, 3.05) is 24.7 Å². The largest absolute Gasteiger partial charge is 0.461 e. The van der Waals surface area contributed by atoms with Crippen LogP contribution in [-0.2, 0) is 38.3 Å². The number of amides is 2. The van der Waals surface area contributed by atoms with E-state index in [0.717, 1.165) is 21.6 Å². The van der Waals surface area contributed by atoms with Crippen LogP contribution in [-0.4, -0.2) is 59.5 Å². The summed E-state index contributed by atoms with van der Waals surface area (Å²) in [5.41, 5.74) is 0.252. The lowest BCUT2D eigenvalue weighted by Crippen LogP contribution is -2.32. The standard InChI is InChI=1S/C14H17NO8S2/c1-9(2)14(20)22-6-5-21-12(18)7-24-25-8-13(19)23-15-10(16)3-4-11(15)17/h1,3-8H2,2H3. The van der Waals surface area contributed by atoms with Gasteiger partial charge in [-0.3, -0.25) is 14.4 Å². The molecule has 11 heteroatoms. The lowest BCUT2D eigenvalue weighted by molar-refractivity contribution is -0.195. The fourth-order valence-electron chi connectivity index (χ4n) is 1.42. The summed E-state index contributed by atoms with van der Waals surface area (Å²) in [6, 6.07) is 0. The van der Waals surface area contributed by atoms with Crippen molar-refractivity contribution in [2.45, 2.75) is 19.8 Å². The molecule has 0 saturated carbocycles. The van der Waals surface area contributed by atoms with E-state index in [1.807, 2.05) is 0 Å². The molecule has 0 N–H and O–H groups in total. The molecule has 1 fully saturated rings. The Hall–Kier alpha value is -2.01. The van der Waals surface area contributed by atoms with Gasteiger partial charge in [0.2, 0.25) is 0 Å². The minimum Gasteiger partial charge on any atom is -0.461 e. The van der Waals surface area contributed by atoms with Gasteiger partial charge in [-0.15, -0.1) is 5.06 Å². The number of carbonyl (C=O) groups is 5. The van der Waals surface area contributed by atoms with E-state index in [0.29, 0.717) is 5.06 Å². The Kier molecular flexibility index (Phi) is 9.06. The number of hydroxylamine groups is 2. The number of imide groups is 1. The minimum atomic E-state index is -0.763. The van der Waals surface area contributed by atoms with Gasteiger partial charge in [0.05, 0.1) is 0 Å². The van der Waals surface area contributed by atoms with E-state index in [-0.39, 0.29) is 43.1 Å². The first kappa shape index (κ1) is 21.0. The smallest absolute Gasteiger partial charge is 0.343 e. The first-order valence-electron chi connectivity index (χ1n) is 7.10. The van der Waals surface area contributed by atoms with Crippen molar-refractivity contribution in [2.24, 2.45) is 0 Å². The molecule has 0 radical (unpaired) electrons. The Bertz CT molecular complexity index is 561. The first-order chi connectivity index (χ1) is 11.8. The van der Waals surface area contributed by atoms with Gasteiger partial charge >= 0.3 is 17.9 Å². The van der Waals surface area contributed by atoms with E-state index in [1.165, 1.54) is 6.92 Å². The Morgan fingerprint density at radius 3 is 2.08 bits per heavy atom. The zero-order valence-electron chi connectivity index (χ0n) is 13.5. The Balaban J connectivity index is 2.06. The number of carbonyl (C=O) groups excluding carboxylic acids is 5. The summed E-state index contributed by atoms with van der Waals surface area (Å²) in [5, 5.41) is 0.466. The van der Waals surface area contributed by atoms with Gasteiger partial charge in [-0.25, -0.2) is 9.59 Å². The van der Waals surface area contributed by atoms with Gasteiger partial charge in [-0.1, -0.05) is 28.2 Å². The van der Waals surface area contributed by atoms with E-state index in [1.54, 1.807) is 0 Å². The van der Waals surface area contributed by atoms with Crippen LogP contribution in [0.2, 0.25) is 0 Å². The molecule has 0 aromatic rings. The van der Waals surface area contributed by atoms with E-state index < -0.39 is 29.7 Å². The summed E-state index contributed by atoms with van der Waals surface area (Å²) in [7, 11) is 2.07. The third-order valence-corrected chi connectivity index (χ3v) is 4.64. The molecule has 138 valence electrons. The van der Waals surface area contributed by atoms with Crippen LogP contribution in [0.1, 0.15) is 19.8 Å².